The van der Waals surface area contributed by atoms with Crippen LogP contribution in [0.4, 0.5) is 26.3 Å². The predicted molar refractivity (Wildman–Crippen MR) is 50.0 cm³/mol. The molecule has 2 nitrogen and oxygen atoms in total. The minimum Gasteiger partial charge on any atom is -0.386 e. The van der Waals surface area contributed by atoms with E-state index in [1.807, 2.05) is 6.21 Å². The molecule has 0 aliphatic carbocycles. The van der Waals surface area contributed by atoms with Gasteiger partial charge in [-0.2, -0.15) is 26.3 Å². The average Bonchev–Trinajstić information content (AvgIpc) is 2.22. The predicted octanol–water partition coefficient (Wildman–Crippen LogP) is 3.50. The lowest BCUT2D eigenvalue weighted by Crippen LogP contribution is -2.14. The highest BCUT2D eigenvalue weighted by Crippen LogP contribution is 2.29. The van der Waals surface area contributed by atoms with Crippen LogP contribution in [0, 0.1) is 0 Å². The highest BCUT2D eigenvalue weighted by Gasteiger charge is 2.30. The van der Waals surface area contributed by atoms with Crippen molar-refractivity contribution in [1.29, 1.82) is 0 Å². The van der Waals surface area contributed by atoms with E-state index >= 15 is 0 Å². The van der Waals surface area contributed by atoms with E-state index in [-0.39, 0.29) is 5.56 Å². The zero-order valence-electron chi connectivity index (χ0n) is 8.64. The Labute approximate surface area is 97.8 Å². The molecule has 1 aromatic rings. The van der Waals surface area contributed by atoms with E-state index in [4.69, 9.17) is 0 Å². The third-order valence-corrected chi connectivity index (χ3v) is 1.66. The van der Waals surface area contributed by atoms with Gasteiger partial charge in [-0.1, -0.05) is 17.3 Å². The zero-order chi connectivity index (χ0) is 13.8. The molecular formula is C10H6F6NO. The topological polar surface area (TPSA) is 21.6 Å². The standard InChI is InChI=1S/C10H6F6NO/c11-9(12,13)6-18-17-5-7-2-1-3-8(4-7)10(14,15)16/h1-4H,6H2. The third-order valence-electron chi connectivity index (χ3n) is 1.66. The van der Waals surface area contributed by atoms with E-state index < -0.39 is 24.5 Å². The largest absolute Gasteiger partial charge is 0.425 e. The quantitative estimate of drug-likeness (QED) is 0.468. The fourth-order valence-corrected chi connectivity index (χ4v) is 0.956. The molecule has 0 aliphatic rings. The van der Waals surface area contributed by atoms with Crippen molar-refractivity contribution in [2.75, 3.05) is 6.61 Å². The first-order chi connectivity index (χ1) is 8.18. The summed E-state index contributed by atoms with van der Waals surface area (Å²) in [5.74, 6) is 0. The molecule has 0 bridgehead atoms. The van der Waals surface area contributed by atoms with Gasteiger partial charge in [0.15, 0.2) is 0 Å². The maximum atomic E-state index is 12.3. The van der Waals surface area contributed by atoms with Crippen LogP contribution in [0.15, 0.2) is 29.4 Å². The van der Waals surface area contributed by atoms with E-state index in [1.165, 1.54) is 6.07 Å². The first-order valence-corrected chi connectivity index (χ1v) is 4.50. The molecule has 0 saturated carbocycles. The Morgan fingerprint density at radius 1 is 1.11 bits per heavy atom. The van der Waals surface area contributed by atoms with E-state index in [0.717, 1.165) is 12.1 Å². The molecule has 0 unspecified atom stereocenters. The molecule has 0 N–H and O–H groups in total. The normalized spacial score (nSPS) is 13.0. The Kier molecular flexibility index (Phi) is 4.20. The van der Waals surface area contributed by atoms with Crippen LogP contribution in [0.5, 0.6) is 0 Å². The lowest BCUT2D eigenvalue weighted by Gasteiger charge is -2.06. The summed E-state index contributed by atoms with van der Waals surface area (Å²) in [6.45, 7) is -1.63. The second-order valence-electron chi connectivity index (χ2n) is 3.17. The van der Waals surface area contributed by atoms with Gasteiger partial charge in [-0.15, -0.1) is 0 Å². The van der Waals surface area contributed by atoms with E-state index in [2.05, 4.69) is 9.99 Å². The van der Waals surface area contributed by atoms with E-state index in [9.17, 15) is 26.3 Å². The minimum absolute atomic E-state index is 0.132. The van der Waals surface area contributed by atoms with Crippen LogP contribution in [0.2, 0.25) is 0 Å². The molecule has 0 heterocycles. The maximum absolute atomic E-state index is 12.3. The molecule has 0 aromatic heterocycles. The second-order valence-corrected chi connectivity index (χ2v) is 3.17. The number of benzene rings is 1. The summed E-state index contributed by atoms with van der Waals surface area (Å²) in [7, 11) is 0. The number of hydrogen-bond donors (Lipinski definition) is 0. The van der Waals surface area contributed by atoms with Crippen molar-refractivity contribution in [3.05, 3.63) is 35.4 Å². The van der Waals surface area contributed by atoms with Crippen LogP contribution < -0.4 is 0 Å². The highest BCUT2D eigenvalue weighted by atomic mass is 19.4. The molecule has 1 aromatic carbocycles. The molecule has 1 rings (SSSR count). The van der Waals surface area contributed by atoms with Crippen LogP contribution in [0.1, 0.15) is 11.1 Å². The molecule has 18 heavy (non-hydrogen) atoms. The summed E-state index contributed by atoms with van der Waals surface area (Å²) < 4.78 is 71.7. The van der Waals surface area contributed by atoms with Gasteiger partial charge >= 0.3 is 12.4 Å². The third kappa shape index (κ3) is 5.07. The van der Waals surface area contributed by atoms with Gasteiger partial charge in [0.25, 0.3) is 0 Å². The fourth-order valence-electron chi connectivity index (χ4n) is 0.956. The molecule has 0 atom stereocenters. The highest BCUT2D eigenvalue weighted by molar-refractivity contribution is 5.79. The van der Waals surface area contributed by atoms with Gasteiger partial charge in [-0.05, 0) is 12.1 Å². The first-order valence-electron chi connectivity index (χ1n) is 4.50. The van der Waals surface area contributed by atoms with Crippen molar-refractivity contribution < 1.29 is 31.2 Å². The second kappa shape index (κ2) is 5.28. The van der Waals surface area contributed by atoms with Crippen molar-refractivity contribution in [3.8, 4) is 0 Å². The maximum Gasteiger partial charge on any atom is 0.425 e. The molecule has 0 saturated heterocycles. The van der Waals surface area contributed by atoms with Crippen molar-refractivity contribution >= 4 is 6.21 Å². The van der Waals surface area contributed by atoms with Crippen molar-refractivity contribution in [1.82, 2.24) is 0 Å². The molecule has 0 fully saturated rings. The van der Waals surface area contributed by atoms with Crippen LogP contribution in [0.3, 0.4) is 0 Å². The van der Waals surface area contributed by atoms with Gasteiger partial charge in [-0.3, -0.25) is 0 Å². The first kappa shape index (κ1) is 14.3. The SMILES string of the molecule is FC(F)(F)CO/N=[C]\c1cccc(C(F)(F)F)c1. The summed E-state index contributed by atoms with van der Waals surface area (Å²) in [4.78, 5) is 3.84. The lowest BCUT2D eigenvalue weighted by molar-refractivity contribution is -0.173. The van der Waals surface area contributed by atoms with Crippen LogP contribution in [-0.2, 0) is 11.0 Å². The fraction of sp³-hybridized carbons (Fsp3) is 0.300. The Morgan fingerprint density at radius 2 is 1.78 bits per heavy atom. The molecule has 0 aliphatic heterocycles. The molecule has 1 radical (unpaired) electrons. The van der Waals surface area contributed by atoms with Gasteiger partial charge in [-0.25, -0.2) is 0 Å². The van der Waals surface area contributed by atoms with E-state index in [1.54, 1.807) is 0 Å². The lowest BCUT2D eigenvalue weighted by atomic mass is 10.1. The number of nitrogens with zero attached hydrogens (tertiary/aromatic N) is 1. The van der Waals surface area contributed by atoms with Crippen LogP contribution >= 0.6 is 0 Å². The summed E-state index contributed by atoms with van der Waals surface area (Å²) in [6.07, 6.45) is -7.16. The average molecular weight is 270 g/mol. The molecule has 0 amide bonds. The Bertz CT molecular complexity index is 423. The Balaban J connectivity index is 2.66. The smallest absolute Gasteiger partial charge is 0.386 e. The van der Waals surface area contributed by atoms with Gasteiger partial charge in [0, 0.05) is 5.56 Å². The van der Waals surface area contributed by atoms with Gasteiger partial charge in [0.05, 0.1) is 5.56 Å². The van der Waals surface area contributed by atoms with Crippen molar-refractivity contribution in [2.45, 2.75) is 12.4 Å². The molecular weight excluding hydrogens is 264 g/mol. The molecule has 8 heteroatoms. The van der Waals surface area contributed by atoms with Gasteiger partial charge < -0.3 is 4.84 Å². The summed E-state index contributed by atoms with van der Waals surface area (Å²) >= 11 is 0. The van der Waals surface area contributed by atoms with Crippen molar-refractivity contribution in [3.63, 3.8) is 0 Å². The number of halogens is 6. The summed E-state index contributed by atoms with van der Waals surface area (Å²) in [5, 5.41) is 2.81. The molecule has 0 spiro atoms. The van der Waals surface area contributed by atoms with Crippen LogP contribution in [0.25, 0.3) is 0 Å². The van der Waals surface area contributed by atoms with Crippen molar-refractivity contribution in [2.24, 2.45) is 5.16 Å². The number of rotatable bonds is 3. The summed E-state index contributed by atoms with van der Waals surface area (Å²) in [6, 6.07) is 3.81. The zero-order valence-corrected chi connectivity index (χ0v) is 8.64. The van der Waals surface area contributed by atoms with E-state index in [0.29, 0.717) is 6.07 Å². The number of hydrogen-bond acceptors (Lipinski definition) is 2. The number of alkyl halides is 6. The minimum atomic E-state index is -4.56. The molecule has 99 valence electrons. The van der Waals surface area contributed by atoms with Gasteiger partial charge in [0.2, 0.25) is 6.61 Å². The summed E-state index contributed by atoms with van der Waals surface area (Å²) in [5.41, 5.74) is -1.08. The monoisotopic (exact) mass is 270 g/mol. The van der Waals surface area contributed by atoms with Gasteiger partial charge in [0.1, 0.15) is 6.21 Å². The van der Waals surface area contributed by atoms with Crippen LogP contribution in [-0.4, -0.2) is 19.0 Å². The Morgan fingerprint density at radius 3 is 2.33 bits per heavy atom. The Hall–Kier alpha value is -1.73.